The smallest absolute Gasteiger partial charge is 0.407 e. The third-order valence-corrected chi connectivity index (χ3v) is 6.17. The minimum Gasteiger partial charge on any atom is -0.449 e. The van der Waals surface area contributed by atoms with Crippen LogP contribution in [0.1, 0.15) is 40.7 Å². The van der Waals surface area contributed by atoms with E-state index in [0.29, 0.717) is 12.0 Å². The number of rotatable bonds is 9. The number of benzene rings is 3. The molecule has 0 spiro atoms. The Balaban J connectivity index is 1.28. The number of nitrogens with one attached hydrogen (secondary N) is 1. The zero-order valence-corrected chi connectivity index (χ0v) is 18.4. The number of fused-ring (bicyclic) bond motifs is 3. The fraction of sp³-hybridized carbons (Fsp3) is 0.296. The van der Waals surface area contributed by atoms with Crippen molar-refractivity contribution in [2.75, 3.05) is 19.8 Å². The Hall–Kier alpha value is -3.19. The molecular formula is C27H29NO5. The summed E-state index contributed by atoms with van der Waals surface area (Å²) < 4.78 is 5.50. The van der Waals surface area contributed by atoms with Crippen molar-refractivity contribution in [2.24, 2.45) is 0 Å². The molecule has 0 radical (unpaired) electrons. The Morgan fingerprint density at radius 3 is 2.18 bits per heavy atom. The van der Waals surface area contributed by atoms with E-state index in [1.165, 1.54) is 11.1 Å². The van der Waals surface area contributed by atoms with Crippen LogP contribution in [0.4, 0.5) is 4.79 Å². The summed E-state index contributed by atoms with van der Waals surface area (Å²) in [7, 11) is 0. The van der Waals surface area contributed by atoms with Gasteiger partial charge in [-0.05, 0) is 46.2 Å². The predicted molar refractivity (Wildman–Crippen MR) is 126 cm³/mol. The van der Waals surface area contributed by atoms with Crippen LogP contribution >= 0.6 is 0 Å². The molecule has 0 saturated carbocycles. The average molecular weight is 448 g/mol. The number of amides is 1. The van der Waals surface area contributed by atoms with Crippen molar-refractivity contribution < 1.29 is 24.9 Å². The van der Waals surface area contributed by atoms with Crippen LogP contribution in [-0.2, 0) is 11.2 Å². The standard InChI is InChI=1S/C27H29NO5/c29-16-14-18-7-1-2-8-19(18)26(31)25(30)13-15-28-27(32)33-17-24-22-11-5-3-9-20(22)21-10-4-6-12-23(21)24/h1-12,24-26,29-31H,13-17H2,(H,28,32). The zero-order valence-electron chi connectivity index (χ0n) is 18.4. The van der Waals surface area contributed by atoms with Gasteiger partial charge in [-0.2, -0.15) is 0 Å². The van der Waals surface area contributed by atoms with E-state index in [1.807, 2.05) is 36.4 Å². The lowest BCUT2D eigenvalue weighted by Crippen LogP contribution is -2.31. The molecule has 0 aromatic heterocycles. The summed E-state index contributed by atoms with van der Waals surface area (Å²) in [5, 5.41) is 32.8. The van der Waals surface area contributed by atoms with Crippen LogP contribution in [0, 0.1) is 0 Å². The summed E-state index contributed by atoms with van der Waals surface area (Å²) in [6.07, 6.45) is -2.15. The molecule has 0 saturated heterocycles. The van der Waals surface area contributed by atoms with Gasteiger partial charge in [-0.15, -0.1) is 0 Å². The molecule has 0 aliphatic heterocycles. The molecule has 4 N–H and O–H groups in total. The van der Waals surface area contributed by atoms with Gasteiger partial charge in [-0.1, -0.05) is 72.8 Å². The van der Waals surface area contributed by atoms with Crippen LogP contribution < -0.4 is 5.32 Å². The van der Waals surface area contributed by atoms with Crippen molar-refractivity contribution in [3.05, 3.63) is 95.1 Å². The zero-order chi connectivity index (χ0) is 23.2. The average Bonchev–Trinajstić information content (AvgIpc) is 3.16. The quantitative estimate of drug-likeness (QED) is 0.402. The molecule has 172 valence electrons. The van der Waals surface area contributed by atoms with E-state index >= 15 is 0 Å². The SMILES string of the molecule is O=C(NCCC(O)C(O)c1ccccc1CCO)OCC1c2ccccc2-c2ccccc21. The third kappa shape index (κ3) is 5.09. The van der Waals surface area contributed by atoms with Crippen molar-refractivity contribution in [3.63, 3.8) is 0 Å². The largest absolute Gasteiger partial charge is 0.449 e. The fourth-order valence-corrected chi connectivity index (χ4v) is 4.51. The third-order valence-electron chi connectivity index (χ3n) is 6.17. The normalized spacial score (nSPS) is 14.3. The van der Waals surface area contributed by atoms with E-state index in [-0.39, 0.29) is 32.1 Å². The highest BCUT2D eigenvalue weighted by atomic mass is 16.5. The molecular weight excluding hydrogens is 418 g/mol. The number of alkyl carbamates (subject to hydrolysis) is 1. The first kappa shape index (κ1) is 23.0. The molecule has 0 fully saturated rings. The van der Waals surface area contributed by atoms with E-state index in [0.717, 1.165) is 16.7 Å². The van der Waals surface area contributed by atoms with Crippen LogP contribution in [0.2, 0.25) is 0 Å². The number of carbonyl (C=O) groups is 1. The van der Waals surface area contributed by atoms with Gasteiger partial charge < -0.3 is 25.4 Å². The molecule has 2 unspecified atom stereocenters. The van der Waals surface area contributed by atoms with E-state index in [4.69, 9.17) is 4.74 Å². The van der Waals surface area contributed by atoms with E-state index in [9.17, 15) is 20.1 Å². The van der Waals surface area contributed by atoms with Gasteiger partial charge in [-0.3, -0.25) is 0 Å². The van der Waals surface area contributed by atoms with Crippen LogP contribution in [0.25, 0.3) is 11.1 Å². The molecule has 33 heavy (non-hydrogen) atoms. The molecule has 1 aliphatic rings. The summed E-state index contributed by atoms with van der Waals surface area (Å²) in [6.45, 7) is 0.347. The van der Waals surface area contributed by atoms with Crippen molar-refractivity contribution in [1.82, 2.24) is 5.32 Å². The molecule has 1 amide bonds. The molecule has 6 heteroatoms. The Kier molecular flexibility index (Phi) is 7.40. The van der Waals surface area contributed by atoms with Gasteiger partial charge in [0.1, 0.15) is 12.7 Å². The number of aliphatic hydroxyl groups excluding tert-OH is 3. The van der Waals surface area contributed by atoms with Crippen molar-refractivity contribution in [2.45, 2.75) is 31.0 Å². The van der Waals surface area contributed by atoms with Crippen molar-refractivity contribution >= 4 is 6.09 Å². The summed E-state index contributed by atoms with van der Waals surface area (Å²) in [5.74, 6) is -0.0152. The maximum Gasteiger partial charge on any atom is 0.407 e. The second kappa shape index (κ2) is 10.6. The number of hydrogen-bond donors (Lipinski definition) is 4. The number of hydrogen-bond acceptors (Lipinski definition) is 5. The second-order valence-electron chi connectivity index (χ2n) is 8.23. The maximum absolute atomic E-state index is 12.3. The molecule has 4 rings (SSSR count). The maximum atomic E-state index is 12.3. The minimum absolute atomic E-state index is 0.0152. The lowest BCUT2D eigenvalue weighted by Gasteiger charge is -2.21. The Labute approximate surface area is 193 Å². The lowest BCUT2D eigenvalue weighted by atomic mass is 9.95. The molecule has 3 aromatic carbocycles. The Morgan fingerprint density at radius 1 is 0.909 bits per heavy atom. The highest BCUT2D eigenvalue weighted by molar-refractivity contribution is 5.79. The monoisotopic (exact) mass is 447 g/mol. The van der Waals surface area contributed by atoms with Gasteiger partial charge >= 0.3 is 6.09 Å². The minimum atomic E-state index is -1.10. The number of carbonyl (C=O) groups excluding carboxylic acids is 1. The Bertz CT molecular complexity index is 1050. The van der Waals surface area contributed by atoms with E-state index in [2.05, 4.69) is 29.6 Å². The highest BCUT2D eigenvalue weighted by Gasteiger charge is 2.29. The summed E-state index contributed by atoms with van der Waals surface area (Å²) >= 11 is 0. The van der Waals surface area contributed by atoms with Crippen molar-refractivity contribution in [3.8, 4) is 11.1 Å². The van der Waals surface area contributed by atoms with Crippen LogP contribution in [0.3, 0.4) is 0 Å². The first-order valence-electron chi connectivity index (χ1n) is 11.2. The first-order valence-corrected chi connectivity index (χ1v) is 11.2. The van der Waals surface area contributed by atoms with Gasteiger partial charge in [0.05, 0.1) is 6.10 Å². The van der Waals surface area contributed by atoms with Gasteiger partial charge in [0.25, 0.3) is 0 Å². The van der Waals surface area contributed by atoms with Gasteiger partial charge in [0, 0.05) is 19.1 Å². The molecule has 3 aromatic rings. The second-order valence-corrected chi connectivity index (χ2v) is 8.23. The molecule has 6 nitrogen and oxygen atoms in total. The van der Waals surface area contributed by atoms with Crippen LogP contribution in [0.5, 0.6) is 0 Å². The van der Waals surface area contributed by atoms with Crippen LogP contribution in [0.15, 0.2) is 72.8 Å². The van der Waals surface area contributed by atoms with Crippen LogP contribution in [-0.4, -0.2) is 47.3 Å². The number of aliphatic hydroxyl groups is 3. The topological polar surface area (TPSA) is 99.0 Å². The molecule has 1 aliphatic carbocycles. The fourth-order valence-electron chi connectivity index (χ4n) is 4.51. The van der Waals surface area contributed by atoms with E-state index in [1.54, 1.807) is 12.1 Å². The van der Waals surface area contributed by atoms with Gasteiger partial charge in [-0.25, -0.2) is 4.79 Å². The van der Waals surface area contributed by atoms with Gasteiger partial charge in [0.15, 0.2) is 0 Å². The van der Waals surface area contributed by atoms with E-state index < -0.39 is 18.3 Å². The highest BCUT2D eigenvalue weighted by Crippen LogP contribution is 2.44. The number of ether oxygens (including phenoxy) is 1. The summed E-state index contributed by atoms with van der Waals surface area (Å²) in [6, 6.07) is 23.4. The lowest BCUT2D eigenvalue weighted by molar-refractivity contribution is 0.0131. The summed E-state index contributed by atoms with van der Waals surface area (Å²) in [4.78, 5) is 12.3. The molecule has 0 bridgehead atoms. The molecule has 0 heterocycles. The molecule has 2 atom stereocenters. The van der Waals surface area contributed by atoms with Crippen molar-refractivity contribution in [1.29, 1.82) is 0 Å². The summed E-state index contributed by atoms with van der Waals surface area (Å²) in [5.41, 5.74) is 6.00. The van der Waals surface area contributed by atoms with Gasteiger partial charge in [0.2, 0.25) is 0 Å². The predicted octanol–water partition coefficient (Wildman–Crippen LogP) is 3.54. The first-order chi connectivity index (χ1) is 16.1. The Morgan fingerprint density at radius 2 is 1.52 bits per heavy atom.